The van der Waals surface area contributed by atoms with E-state index < -0.39 is 0 Å². The summed E-state index contributed by atoms with van der Waals surface area (Å²) in [7, 11) is 1.74. The Morgan fingerprint density at radius 2 is 1.81 bits per heavy atom. The van der Waals surface area contributed by atoms with Crippen LogP contribution in [0.2, 0.25) is 0 Å². The molecule has 4 heteroatoms. The number of rotatable bonds is 7. The molecule has 0 aromatic rings. The van der Waals surface area contributed by atoms with Crippen LogP contribution in [-0.2, 0) is 4.74 Å². The van der Waals surface area contributed by atoms with Crippen LogP contribution in [0.4, 0.5) is 0 Å². The number of hydrogen-bond acceptors (Lipinski definition) is 4. The number of piperazine rings is 1. The number of ether oxygens (including phenoxy) is 1. The lowest BCUT2D eigenvalue weighted by atomic mass is 10.2. The average molecular weight is 229 g/mol. The standard InChI is InChI=1S/C12H27N3O/c1-12(2)15-9-7-14(8-10-15)6-4-13-5-11-16-3/h12-13H,4-11H2,1-3H3. The van der Waals surface area contributed by atoms with Gasteiger partial charge in [-0.05, 0) is 13.8 Å². The molecule has 0 radical (unpaired) electrons. The summed E-state index contributed by atoms with van der Waals surface area (Å²) in [5.41, 5.74) is 0. The van der Waals surface area contributed by atoms with Crippen LogP contribution in [0.3, 0.4) is 0 Å². The van der Waals surface area contributed by atoms with Crippen LogP contribution in [-0.4, -0.2) is 75.4 Å². The molecule has 16 heavy (non-hydrogen) atoms. The summed E-state index contributed by atoms with van der Waals surface area (Å²) in [6.07, 6.45) is 0. The summed E-state index contributed by atoms with van der Waals surface area (Å²) in [5.74, 6) is 0. The van der Waals surface area contributed by atoms with Crippen LogP contribution < -0.4 is 5.32 Å². The van der Waals surface area contributed by atoms with Gasteiger partial charge in [0.2, 0.25) is 0 Å². The maximum Gasteiger partial charge on any atom is 0.0587 e. The predicted octanol–water partition coefficient (Wildman–Crippen LogP) is 0.248. The molecule has 0 aromatic carbocycles. The maximum absolute atomic E-state index is 4.99. The smallest absolute Gasteiger partial charge is 0.0587 e. The molecule has 0 atom stereocenters. The minimum atomic E-state index is 0.696. The van der Waals surface area contributed by atoms with Gasteiger partial charge >= 0.3 is 0 Å². The van der Waals surface area contributed by atoms with Gasteiger partial charge in [-0.25, -0.2) is 0 Å². The second-order valence-electron chi connectivity index (χ2n) is 4.71. The van der Waals surface area contributed by atoms with Crippen LogP contribution in [0, 0.1) is 0 Å². The topological polar surface area (TPSA) is 27.7 Å². The Hall–Kier alpha value is -0.160. The molecular weight excluding hydrogens is 202 g/mol. The van der Waals surface area contributed by atoms with Crippen molar-refractivity contribution in [3.8, 4) is 0 Å². The Kier molecular flexibility index (Phi) is 6.96. The fraction of sp³-hybridized carbons (Fsp3) is 1.00. The van der Waals surface area contributed by atoms with Gasteiger partial charge in [-0.1, -0.05) is 0 Å². The Balaban J connectivity index is 1.99. The van der Waals surface area contributed by atoms with E-state index in [2.05, 4.69) is 29.0 Å². The van der Waals surface area contributed by atoms with Gasteiger partial charge in [0.1, 0.15) is 0 Å². The van der Waals surface area contributed by atoms with Gasteiger partial charge in [0.15, 0.2) is 0 Å². The molecule has 4 nitrogen and oxygen atoms in total. The SMILES string of the molecule is COCCNCCN1CCN(C(C)C)CC1. The molecule has 0 amide bonds. The molecule has 0 aromatic heterocycles. The van der Waals surface area contributed by atoms with E-state index >= 15 is 0 Å². The molecule has 1 saturated heterocycles. The second-order valence-corrected chi connectivity index (χ2v) is 4.71. The summed E-state index contributed by atoms with van der Waals surface area (Å²) in [6, 6.07) is 0.696. The summed E-state index contributed by atoms with van der Waals surface area (Å²) in [4.78, 5) is 5.09. The first-order valence-electron chi connectivity index (χ1n) is 6.40. The summed E-state index contributed by atoms with van der Waals surface area (Å²) >= 11 is 0. The highest BCUT2D eigenvalue weighted by molar-refractivity contribution is 4.74. The molecule has 0 aliphatic carbocycles. The van der Waals surface area contributed by atoms with Crippen LogP contribution in [0.25, 0.3) is 0 Å². The van der Waals surface area contributed by atoms with Gasteiger partial charge in [0.25, 0.3) is 0 Å². The molecule has 0 bridgehead atoms. The van der Waals surface area contributed by atoms with Gasteiger partial charge < -0.3 is 10.1 Å². The van der Waals surface area contributed by atoms with E-state index in [4.69, 9.17) is 4.74 Å². The fourth-order valence-electron chi connectivity index (χ4n) is 2.04. The van der Waals surface area contributed by atoms with Crippen molar-refractivity contribution in [3.05, 3.63) is 0 Å². The van der Waals surface area contributed by atoms with Crippen molar-refractivity contribution in [3.63, 3.8) is 0 Å². The highest BCUT2D eigenvalue weighted by Crippen LogP contribution is 2.04. The first kappa shape index (κ1) is 13.9. The third kappa shape index (κ3) is 5.25. The first-order valence-corrected chi connectivity index (χ1v) is 6.40. The van der Waals surface area contributed by atoms with Crippen molar-refractivity contribution in [2.75, 3.05) is 59.5 Å². The molecule has 1 rings (SSSR count). The lowest BCUT2D eigenvalue weighted by molar-refractivity contribution is 0.108. The third-order valence-corrected chi connectivity index (χ3v) is 3.22. The summed E-state index contributed by atoms with van der Waals surface area (Å²) in [5, 5.41) is 3.39. The van der Waals surface area contributed by atoms with Gasteiger partial charge in [-0.2, -0.15) is 0 Å². The van der Waals surface area contributed by atoms with E-state index in [1.54, 1.807) is 7.11 Å². The molecule has 1 heterocycles. The molecule has 0 saturated carbocycles. The van der Waals surface area contributed by atoms with Crippen LogP contribution >= 0.6 is 0 Å². The van der Waals surface area contributed by atoms with E-state index in [0.717, 1.165) is 26.2 Å². The molecule has 1 aliphatic rings. The predicted molar refractivity (Wildman–Crippen MR) is 67.9 cm³/mol. The van der Waals surface area contributed by atoms with Crippen molar-refractivity contribution in [2.45, 2.75) is 19.9 Å². The van der Waals surface area contributed by atoms with Crippen LogP contribution in [0.15, 0.2) is 0 Å². The minimum Gasteiger partial charge on any atom is -0.383 e. The Morgan fingerprint density at radius 3 is 2.38 bits per heavy atom. The third-order valence-electron chi connectivity index (χ3n) is 3.22. The average Bonchev–Trinajstić information content (AvgIpc) is 2.29. The molecule has 96 valence electrons. The van der Waals surface area contributed by atoms with E-state index in [1.807, 2.05) is 0 Å². The number of hydrogen-bond donors (Lipinski definition) is 1. The molecule has 1 fully saturated rings. The molecule has 1 N–H and O–H groups in total. The number of methoxy groups -OCH3 is 1. The Morgan fingerprint density at radius 1 is 1.12 bits per heavy atom. The van der Waals surface area contributed by atoms with E-state index in [-0.39, 0.29) is 0 Å². The Bertz CT molecular complexity index is 168. The zero-order chi connectivity index (χ0) is 11.8. The van der Waals surface area contributed by atoms with Gasteiger partial charge in [0.05, 0.1) is 6.61 Å². The zero-order valence-corrected chi connectivity index (χ0v) is 11.0. The van der Waals surface area contributed by atoms with E-state index in [0.29, 0.717) is 6.04 Å². The molecular formula is C12H27N3O. The first-order chi connectivity index (χ1) is 7.74. The van der Waals surface area contributed by atoms with Crippen molar-refractivity contribution >= 4 is 0 Å². The molecule has 1 aliphatic heterocycles. The van der Waals surface area contributed by atoms with Crippen LogP contribution in [0.5, 0.6) is 0 Å². The lowest BCUT2D eigenvalue weighted by Crippen LogP contribution is -2.50. The summed E-state index contributed by atoms with van der Waals surface area (Å²) < 4.78 is 4.99. The summed E-state index contributed by atoms with van der Waals surface area (Å²) in [6.45, 7) is 13.4. The van der Waals surface area contributed by atoms with Crippen molar-refractivity contribution in [1.82, 2.24) is 15.1 Å². The van der Waals surface area contributed by atoms with E-state index in [9.17, 15) is 0 Å². The van der Waals surface area contributed by atoms with Gasteiger partial charge in [0, 0.05) is 59.0 Å². The van der Waals surface area contributed by atoms with Crippen molar-refractivity contribution in [1.29, 1.82) is 0 Å². The molecule has 0 spiro atoms. The highest BCUT2D eigenvalue weighted by atomic mass is 16.5. The normalized spacial score (nSPS) is 19.5. The highest BCUT2D eigenvalue weighted by Gasteiger charge is 2.17. The van der Waals surface area contributed by atoms with Crippen molar-refractivity contribution < 1.29 is 4.74 Å². The quantitative estimate of drug-likeness (QED) is 0.633. The van der Waals surface area contributed by atoms with Gasteiger partial charge in [-0.3, -0.25) is 9.80 Å². The lowest BCUT2D eigenvalue weighted by Gasteiger charge is -2.36. The van der Waals surface area contributed by atoms with Gasteiger partial charge in [-0.15, -0.1) is 0 Å². The van der Waals surface area contributed by atoms with E-state index in [1.165, 1.54) is 26.2 Å². The maximum atomic E-state index is 4.99. The molecule has 0 unspecified atom stereocenters. The largest absolute Gasteiger partial charge is 0.383 e. The van der Waals surface area contributed by atoms with Crippen molar-refractivity contribution in [2.24, 2.45) is 0 Å². The Labute approximate surface area is 99.9 Å². The number of nitrogens with zero attached hydrogens (tertiary/aromatic N) is 2. The zero-order valence-electron chi connectivity index (χ0n) is 11.0. The second kappa shape index (κ2) is 8.01. The number of nitrogens with one attached hydrogen (secondary N) is 1. The van der Waals surface area contributed by atoms with Crippen LogP contribution in [0.1, 0.15) is 13.8 Å². The fourth-order valence-corrected chi connectivity index (χ4v) is 2.04. The monoisotopic (exact) mass is 229 g/mol. The minimum absolute atomic E-state index is 0.696.